The van der Waals surface area contributed by atoms with Crippen molar-refractivity contribution in [3.8, 4) is 0 Å². The van der Waals surface area contributed by atoms with Gasteiger partial charge in [-0.05, 0) is 61.1 Å². The lowest BCUT2D eigenvalue weighted by atomic mass is 9.80. The Morgan fingerprint density at radius 3 is 2.35 bits per heavy atom. The molecule has 0 atom stereocenters. The number of carbonyl (C=O) groups is 2. The number of aryl methyl sites for hydroxylation is 2. The first-order valence-electron chi connectivity index (χ1n) is 10.7. The number of rotatable bonds is 6. The van der Waals surface area contributed by atoms with Gasteiger partial charge in [-0.1, -0.05) is 50.3 Å². The number of benzene rings is 2. The van der Waals surface area contributed by atoms with Crippen LogP contribution in [0.4, 0.5) is 0 Å². The second-order valence-electron chi connectivity index (χ2n) is 8.46. The smallest absolute Gasteiger partial charge is 0.336 e. The molecule has 0 saturated heterocycles. The molecular weight excluding hydrogens is 408 g/mol. The largest absolute Gasteiger partial charge is 0.478 e. The van der Waals surface area contributed by atoms with Gasteiger partial charge in [-0.3, -0.25) is 4.79 Å². The van der Waals surface area contributed by atoms with Crippen molar-refractivity contribution in [2.24, 2.45) is 5.92 Å². The van der Waals surface area contributed by atoms with E-state index < -0.39 is 5.97 Å². The third-order valence-corrected chi connectivity index (χ3v) is 6.88. The fraction of sp³-hybridized carbons (Fsp3) is 0.360. The van der Waals surface area contributed by atoms with Crippen molar-refractivity contribution in [3.05, 3.63) is 64.2 Å². The molecule has 1 aliphatic carbocycles. The Hall–Kier alpha value is -2.86. The average Bonchev–Trinajstić information content (AvgIpc) is 3.23. The number of nitrogens with zero attached hydrogens (tertiary/aromatic N) is 2. The Morgan fingerprint density at radius 2 is 1.65 bits per heavy atom. The van der Waals surface area contributed by atoms with E-state index in [9.17, 15) is 14.7 Å². The molecule has 0 radical (unpaired) electrons. The number of hydrogen-bond acceptors (Lipinski definition) is 5. The zero-order chi connectivity index (χ0) is 22.0. The third kappa shape index (κ3) is 4.59. The first-order chi connectivity index (χ1) is 14.9. The number of carboxylic acids is 1. The van der Waals surface area contributed by atoms with E-state index in [1.54, 1.807) is 24.3 Å². The molecule has 2 aromatic carbocycles. The number of allylic oxidation sites excluding steroid dienone is 1. The maximum absolute atomic E-state index is 13.7. The molecule has 1 heterocycles. The van der Waals surface area contributed by atoms with Gasteiger partial charge in [-0.25, -0.2) is 4.79 Å². The summed E-state index contributed by atoms with van der Waals surface area (Å²) >= 11 is 1.09. The Balaban J connectivity index is 1.85. The minimum Gasteiger partial charge on any atom is -0.478 e. The predicted molar refractivity (Wildman–Crippen MR) is 123 cm³/mol. The van der Waals surface area contributed by atoms with Crippen LogP contribution in [0.15, 0.2) is 42.0 Å². The van der Waals surface area contributed by atoms with Gasteiger partial charge in [0.05, 0.1) is 17.3 Å². The molecule has 6 heteroatoms. The van der Waals surface area contributed by atoms with Gasteiger partial charge in [-0.15, -0.1) is 0 Å². The number of fused-ring (bicyclic) bond motifs is 1. The predicted octanol–water partition coefficient (Wildman–Crippen LogP) is 6.00. The van der Waals surface area contributed by atoms with Gasteiger partial charge in [0.25, 0.3) is 0 Å². The van der Waals surface area contributed by atoms with E-state index >= 15 is 0 Å². The molecule has 1 aliphatic rings. The van der Waals surface area contributed by atoms with Crippen LogP contribution in [0.1, 0.15) is 65.6 Å². The summed E-state index contributed by atoms with van der Waals surface area (Å²) in [6.45, 7) is 3.97. The minimum atomic E-state index is -1.08. The molecule has 4 rings (SSSR count). The number of Topliss-reactive ketones (excluding diaryl/α,β-unsaturated/α-hetero) is 1. The van der Waals surface area contributed by atoms with E-state index in [0.29, 0.717) is 34.6 Å². The molecule has 1 saturated carbocycles. The standard InChI is InChI=1S/C25H26N2O3S/c1-15-8-9-19(12-16(15)2)24(28)20(13-17-6-4-3-5-7-17)23(25(29)30)18-10-11-21-22(14-18)27-31-26-21/h8-12,14,17H,3-7,13H2,1-2H3,(H,29,30). The molecule has 0 spiro atoms. The average molecular weight is 435 g/mol. The Kier molecular flexibility index (Phi) is 6.28. The highest BCUT2D eigenvalue weighted by Gasteiger charge is 2.27. The zero-order valence-electron chi connectivity index (χ0n) is 17.9. The van der Waals surface area contributed by atoms with Gasteiger partial charge in [-0.2, -0.15) is 8.75 Å². The first-order valence-corrected chi connectivity index (χ1v) is 11.5. The lowest BCUT2D eigenvalue weighted by Gasteiger charge is -2.23. The van der Waals surface area contributed by atoms with Crippen molar-refractivity contribution in [3.63, 3.8) is 0 Å². The number of carboxylic acid groups (broad SMARTS) is 1. The van der Waals surface area contributed by atoms with Crippen LogP contribution in [0.3, 0.4) is 0 Å². The van der Waals surface area contributed by atoms with Gasteiger partial charge >= 0.3 is 5.97 Å². The molecular formula is C25H26N2O3S. The summed E-state index contributed by atoms with van der Waals surface area (Å²) in [7, 11) is 0. The van der Waals surface area contributed by atoms with Crippen molar-refractivity contribution in [1.29, 1.82) is 0 Å². The number of aliphatic carboxylic acids is 1. The summed E-state index contributed by atoms with van der Waals surface area (Å²) in [5.41, 5.74) is 5.04. The summed E-state index contributed by atoms with van der Waals surface area (Å²) in [6, 6.07) is 10.8. The van der Waals surface area contributed by atoms with Gasteiger partial charge < -0.3 is 5.11 Å². The monoisotopic (exact) mass is 434 g/mol. The van der Waals surface area contributed by atoms with Crippen molar-refractivity contribution in [2.75, 3.05) is 0 Å². The Bertz CT molecular complexity index is 1170. The van der Waals surface area contributed by atoms with Gasteiger partial charge in [0.1, 0.15) is 11.0 Å². The number of ketones is 1. The van der Waals surface area contributed by atoms with E-state index in [0.717, 1.165) is 54.1 Å². The Labute approximate surface area is 186 Å². The van der Waals surface area contributed by atoms with Crippen LogP contribution < -0.4 is 0 Å². The molecule has 0 bridgehead atoms. The van der Waals surface area contributed by atoms with Crippen molar-refractivity contribution >= 4 is 40.1 Å². The fourth-order valence-corrected chi connectivity index (χ4v) is 4.93. The summed E-state index contributed by atoms with van der Waals surface area (Å²) in [5.74, 6) is -0.939. The second kappa shape index (κ2) is 9.10. The number of hydrogen-bond donors (Lipinski definition) is 1. The summed E-state index contributed by atoms with van der Waals surface area (Å²) in [4.78, 5) is 26.1. The van der Waals surface area contributed by atoms with Crippen molar-refractivity contribution in [2.45, 2.75) is 52.4 Å². The van der Waals surface area contributed by atoms with Gasteiger partial charge in [0, 0.05) is 11.1 Å². The van der Waals surface area contributed by atoms with Gasteiger partial charge in [0.15, 0.2) is 5.78 Å². The highest BCUT2D eigenvalue weighted by Crippen LogP contribution is 2.34. The molecule has 1 aromatic heterocycles. The molecule has 0 aliphatic heterocycles. The van der Waals surface area contributed by atoms with Crippen LogP contribution in [-0.4, -0.2) is 25.6 Å². The maximum Gasteiger partial charge on any atom is 0.336 e. The molecule has 160 valence electrons. The van der Waals surface area contributed by atoms with Crippen LogP contribution in [0.5, 0.6) is 0 Å². The molecule has 0 unspecified atom stereocenters. The van der Waals surface area contributed by atoms with E-state index in [4.69, 9.17) is 0 Å². The van der Waals surface area contributed by atoms with Gasteiger partial charge in [0.2, 0.25) is 0 Å². The summed E-state index contributed by atoms with van der Waals surface area (Å²) in [6.07, 6.45) is 6.03. The third-order valence-electron chi connectivity index (χ3n) is 6.32. The van der Waals surface area contributed by atoms with E-state index in [2.05, 4.69) is 8.75 Å². The normalized spacial score (nSPS) is 15.7. The maximum atomic E-state index is 13.7. The van der Waals surface area contributed by atoms with Crippen molar-refractivity contribution < 1.29 is 14.7 Å². The van der Waals surface area contributed by atoms with E-state index in [1.807, 2.05) is 26.0 Å². The number of carbonyl (C=O) groups excluding carboxylic acids is 1. The van der Waals surface area contributed by atoms with Crippen LogP contribution in [0.25, 0.3) is 16.6 Å². The topological polar surface area (TPSA) is 80.2 Å². The molecule has 1 fully saturated rings. The van der Waals surface area contributed by atoms with Crippen LogP contribution in [0.2, 0.25) is 0 Å². The molecule has 0 amide bonds. The van der Waals surface area contributed by atoms with Crippen LogP contribution in [-0.2, 0) is 4.79 Å². The fourth-order valence-electron chi connectivity index (χ4n) is 4.41. The second-order valence-corrected chi connectivity index (χ2v) is 8.99. The SMILES string of the molecule is Cc1ccc(C(=O)C(CC2CCCCC2)=C(C(=O)O)c2ccc3nsnc3c2)cc1C. The molecule has 5 nitrogen and oxygen atoms in total. The zero-order valence-corrected chi connectivity index (χ0v) is 18.7. The molecule has 31 heavy (non-hydrogen) atoms. The summed E-state index contributed by atoms with van der Waals surface area (Å²) < 4.78 is 8.45. The van der Waals surface area contributed by atoms with E-state index in [1.165, 1.54) is 6.42 Å². The number of aromatic nitrogens is 2. The molecule has 1 N–H and O–H groups in total. The molecule has 3 aromatic rings. The first kappa shape index (κ1) is 21.4. The highest BCUT2D eigenvalue weighted by molar-refractivity contribution is 7.00. The van der Waals surface area contributed by atoms with Crippen LogP contribution >= 0.6 is 11.7 Å². The van der Waals surface area contributed by atoms with E-state index in [-0.39, 0.29) is 11.4 Å². The van der Waals surface area contributed by atoms with Crippen molar-refractivity contribution in [1.82, 2.24) is 8.75 Å². The Morgan fingerprint density at radius 1 is 0.935 bits per heavy atom. The minimum absolute atomic E-state index is 0.0868. The van der Waals surface area contributed by atoms with Crippen LogP contribution in [0, 0.1) is 19.8 Å². The summed E-state index contributed by atoms with van der Waals surface area (Å²) in [5, 5.41) is 10.2. The quantitative estimate of drug-likeness (QED) is 0.380. The lowest BCUT2D eigenvalue weighted by Crippen LogP contribution is -2.17. The highest BCUT2D eigenvalue weighted by atomic mass is 32.1. The lowest BCUT2D eigenvalue weighted by molar-refractivity contribution is -0.130.